The smallest absolute Gasteiger partial charge is 0.300 e. The molecule has 1 aliphatic rings. The van der Waals surface area contributed by atoms with Gasteiger partial charge in [0.25, 0.3) is 11.7 Å². The van der Waals surface area contributed by atoms with E-state index in [1.54, 1.807) is 72.8 Å². The van der Waals surface area contributed by atoms with Crippen molar-refractivity contribution in [3.05, 3.63) is 89.5 Å². The summed E-state index contributed by atoms with van der Waals surface area (Å²) >= 11 is 0. The van der Waals surface area contributed by atoms with Gasteiger partial charge < -0.3 is 19.3 Å². The second-order valence-corrected chi connectivity index (χ2v) is 7.35. The van der Waals surface area contributed by atoms with Crippen LogP contribution in [0, 0.1) is 0 Å². The number of aliphatic hydroxyl groups is 1. The summed E-state index contributed by atoms with van der Waals surface area (Å²) in [6.07, 6.45) is 0. The molecule has 3 aromatic rings. The van der Waals surface area contributed by atoms with Gasteiger partial charge in [0.1, 0.15) is 11.5 Å². The predicted octanol–water partition coefficient (Wildman–Crippen LogP) is 4.34. The summed E-state index contributed by atoms with van der Waals surface area (Å²) in [5, 5.41) is 11.1. The van der Waals surface area contributed by atoms with Gasteiger partial charge in [-0.25, -0.2) is 0 Å². The van der Waals surface area contributed by atoms with Crippen molar-refractivity contribution in [2.75, 3.05) is 26.2 Å². The van der Waals surface area contributed by atoms with Crippen LogP contribution in [0.3, 0.4) is 0 Å². The maximum Gasteiger partial charge on any atom is 0.300 e. The standard InChI is InChI=1S/C26H23NO6/c1-31-19-11-7-10-18(15-19)27-23(17-12-13-20(32-2)21(14-17)33-3)22(25(29)26(27)30)24(28)16-8-5-4-6-9-16/h4-15,23,28H,1-3H3/b24-22-. The molecule has 0 radical (unpaired) electrons. The zero-order valence-electron chi connectivity index (χ0n) is 18.4. The number of nitrogens with zero attached hydrogens (tertiary/aromatic N) is 1. The first kappa shape index (κ1) is 22.0. The molecule has 0 aliphatic carbocycles. The van der Waals surface area contributed by atoms with Crippen LogP contribution < -0.4 is 19.1 Å². The molecule has 0 spiro atoms. The number of amides is 1. The van der Waals surface area contributed by atoms with Crippen LogP contribution in [-0.2, 0) is 9.59 Å². The van der Waals surface area contributed by atoms with Crippen molar-refractivity contribution in [2.45, 2.75) is 6.04 Å². The van der Waals surface area contributed by atoms with Gasteiger partial charge >= 0.3 is 0 Å². The number of ketones is 1. The zero-order valence-corrected chi connectivity index (χ0v) is 18.4. The molecule has 0 saturated carbocycles. The van der Waals surface area contributed by atoms with E-state index in [4.69, 9.17) is 14.2 Å². The number of anilines is 1. The van der Waals surface area contributed by atoms with Crippen molar-refractivity contribution in [3.63, 3.8) is 0 Å². The normalized spacial score (nSPS) is 17.2. The van der Waals surface area contributed by atoms with Crippen LogP contribution in [0.15, 0.2) is 78.4 Å². The van der Waals surface area contributed by atoms with Gasteiger partial charge in [-0.2, -0.15) is 0 Å². The maximum absolute atomic E-state index is 13.2. The van der Waals surface area contributed by atoms with Gasteiger partial charge in [0.2, 0.25) is 0 Å². The SMILES string of the molecule is COc1cccc(N2C(=O)C(=O)/C(=C(\O)c3ccccc3)C2c2ccc(OC)c(OC)c2)c1. The number of hydrogen-bond donors (Lipinski definition) is 1. The molecule has 1 saturated heterocycles. The molecule has 1 unspecified atom stereocenters. The monoisotopic (exact) mass is 445 g/mol. The second-order valence-electron chi connectivity index (χ2n) is 7.35. The number of Topliss-reactive ketones (excluding diaryl/α,β-unsaturated/α-hetero) is 1. The molecule has 1 atom stereocenters. The minimum absolute atomic E-state index is 0.0127. The van der Waals surface area contributed by atoms with Gasteiger partial charge in [0.05, 0.1) is 32.9 Å². The summed E-state index contributed by atoms with van der Waals surface area (Å²) < 4.78 is 16.1. The van der Waals surface area contributed by atoms with Crippen molar-refractivity contribution in [3.8, 4) is 17.2 Å². The lowest BCUT2D eigenvalue weighted by molar-refractivity contribution is -0.132. The van der Waals surface area contributed by atoms with E-state index in [9.17, 15) is 14.7 Å². The molecule has 1 heterocycles. The number of benzene rings is 3. The van der Waals surface area contributed by atoms with Crippen molar-refractivity contribution >= 4 is 23.1 Å². The fourth-order valence-electron chi connectivity index (χ4n) is 3.95. The quantitative estimate of drug-likeness (QED) is 0.345. The van der Waals surface area contributed by atoms with Crippen molar-refractivity contribution in [2.24, 2.45) is 0 Å². The molecule has 1 amide bonds. The molecule has 7 heteroatoms. The van der Waals surface area contributed by atoms with E-state index < -0.39 is 17.7 Å². The molecular weight excluding hydrogens is 422 g/mol. The average molecular weight is 445 g/mol. The zero-order chi connectivity index (χ0) is 23.5. The van der Waals surface area contributed by atoms with Crippen molar-refractivity contribution in [1.82, 2.24) is 0 Å². The fraction of sp³-hybridized carbons (Fsp3) is 0.154. The molecule has 4 rings (SSSR count). The van der Waals surface area contributed by atoms with Gasteiger partial charge in [-0.15, -0.1) is 0 Å². The molecule has 1 fully saturated rings. The summed E-state index contributed by atoms with van der Waals surface area (Å²) in [6.45, 7) is 0. The van der Waals surface area contributed by atoms with Crippen LogP contribution >= 0.6 is 0 Å². The number of carbonyl (C=O) groups excluding carboxylic acids is 2. The molecule has 1 N–H and O–H groups in total. The Bertz CT molecular complexity index is 1230. The Morgan fingerprint density at radius 1 is 0.818 bits per heavy atom. The summed E-state index contributed by atoms with van der Waals surface area (Å²) in [5.74, 6) is -0.310. The Labute approximate surface area is 191 Å². The number of rotatable bonds is 6. The van der Waals surface area contributed by atoms with Crippen LogP contribution in [0.4, 0.5) is 5.69 Å². The first-order chi connectivity index (χ1) is 16.0. The first-order valence-electron chi connectivity index (χ1n) is 10.2. The van der Waals surface area contributed by atoms with Crippen LogP contribution in [0.25, 0.3) is 5.76 Å². The van der Waals surface area contributed by atoms with E-state index in [0.717, 1.165) is 0 Å². The third-order valence-corrected chi connectivity index (χ3v) is 5.55. The Kier molecular flexibility index (Phi) is 6.04. The Morgan fingerprint density at radius 2 is 1.55 bits per heavy atom. The Morgan fingerprint density at radius 3 is 2.21 bits per heavy atom. The van der Waals surface area contributed by atoms with E-state index >= 15 is 0 Å². The Hall–Kier alpha value is -4.26. The molecule has 33 heavy (non-hydrogen) atoms. The lowest BCUT2D eigenvalue weighted by Gasteiger charge is -2.26. The van der Waals surface area contributed by atoms with Crippen molar-refractivity contribution < 1.29 is 28.9 Å². The molecule has 168 valence electrons. The highest BCUT2D eigenvalue weighted by molar-refractivity contribution is 6.51. The van der Waals surface area contributed by atoms with E-state index in [-0.39, 0.29) is 11.3 Å². The van der Waals surface area contributed by atoms with E-state index in [1.807, 2.05) is 0 Å². The molecule has 1 aliphatic heterocycles. The van der Waals surface area contributed by atoms with Crippen LogP contribution in [0.5, 0.6) is 17.2 Å². The number of methoxy groups -OCH3 is 3. The third-order valence-electron chi connectivity index (χ3n) is 5.55. The van der Waals surface area contributed by atoms with E-state index in [2.05, 4.69) is 0 Å². The van der Waals surface area contributed by atoms with Crippen LogP contribution in [0.1, 0.15) is 17.2 Å². The molecule has 0 aromatic heterocycles. The highest BCUT2D eigenvalue weighted by Gasteiger charge is 2.47. The fourth-order valence-corrected chi connectivity index (χ4v) is 3.95. The molecule has 7 nitrogen and oxygen atoms in total. The van der Waals surface area contributed by atoms with Crippen LogP contribution in [0.2, 0.25) is 0 Å². The predicted molar refractivity (Wildman–Crippen MR) is 124 cm³/mol. The average Bonchev–Trinajstić information content (AvgIpc) is 3.13. The van der Waals surface area contributed by atoms with Gasteiger partial charge in [0, 0.05) is 17.3 Å². The highest BCUT2D eigenvalue weighted by Crippen LogP contribution is 2.44. The summed E-state index contributed by atoms with van der Waals surface area (Å²) in [5.41, 5.74) is 1.46. The number of aliphatic hydroxyl groups excluding tert-OH is 1. The van der Waals surface area contributed by atoms with E-state index in [1.165, 1.54) is 26.2 Å². The Balaban J connectivity index is 1.97. The minimum atomic E-state index is -0.892. The van der Waals surface area contributed by atoms with Crippen LogP contribution in [-0.4, -0.2) is 38.1 Å². The minimum Gasteiger partial charge on any atom is -0.507 e. The van der Waals surface area contributed by atoms with E-state index in [0.29, 0.717) is 34.1 Å². The van der Waals surface area contributed by atoms with Gasteiger partial charge in [-0.3, -0.25) is 14.5 Å². The molecule has 0 bridgehead atoms. The van der Waals surface area contributed by atoms with Gasteiger partial charge in [0.15, 0.2) is 11.5 Å². The topological polar surface area (TPSA) is 85.3 Å². The number of hydrogen-bond acceptors (Lipinski definition) is 6. The highest BCUT2D eigenvalue weighted by atomic mass is 16.5. The van der Waals surface area contributed by atoms with Gasteiger partial charge in [-0.05, 0) is 29.8 Å². The summed E-state index contributed by atoms with van der Waals surface area (Å²) in [7, 11) is 4.55. The molecule has 3 aromatic carbocycles. The second kappa shape index (κ2) is 9.08. The lowest BCUT2D eigenvalue weighted by atomic mass is 9.94. The lowest BCUT2D eigenvalue weighted by Crippen LogP contribution is -2.29. The number of carbonyl (C=O) groups is 2. The first-order valence-corrected chi connectivity index (χ1v) is 10.2. The summed E-state index contributed by atoms with van der Waals surface area (Å²) in [6, 6.07) is 19.8. The van der Waals surface area contributed by atoms with Crippen molar-refractivity contribution in [1.29, 1.82) is 0 Å². The summed E-state index contributed by atoms with van der Waals surface area (Å²) in [4.78, 5) is 27.8. The van der Waals surface area contributed by atoms with Gasteiger partial charge in [-0.1, -0.05) is 42.5 Å². The largest absolute Gasteiger partial charge is 0.507 e. The maximum atomic E-state index is 13.2. The molecular formula is C26H23NO6. The number of ether oxygens (including phenoxy) is 3. The third kappa shape index (κ3) is 3.89.